The average molecular weight is 242 g/mol. The van der Waals surface area contributed by atoms with Crippen LogP contribution in [0.3, 0.4) is 0 Å². The minimum Gasteiger partial charge on any atom is -0.390 e. The fraction of sp³-hybridized carbons (Fsp3) is 0.818. The monoisotopic (exact) mass is 242 g/mol. The van der Waals surface area contributed by atoms with Gasteiger partial charge >= 0.3 is 0 Å². The normalized spacial score (nSPS) is 14.8. The number of nitrogens with zero attached hydrogens (tertiary/aromatic N) is 3. The fourth-order valence-corrected chi connectivity index (χ4v) is 1.57. The van der Waals surface area contributed by atoms with Crippen LogP contribution in [0.15, 0.2) is 6.33 Å². The molecule has 0 aliphatic rings. The van der Waals surface area contributed by atoms with Crippen molar-refractivity contribution in [3.8, 4) is 0 Å². The first-order valence-electron chi connectivity index (χ1n) is 5.80. The van der Waals surface area contributed by atoms with Gasteiger partial charge in [-0.1, -0.05) is 0 Å². The molecule has 98 valence electrons. The van der Waals surface area contributed by atoms with Crippen LogP contribution in [-0.4, -0.2) is 52.3 Å². The number of nitrogens with one attached hydrogen (secondary N) is 1. The van der Waals surface area contributed by atoms with E-state index in [-0.39, 0.29) is 0 Å². The largest absolute Gasteiger partial charge is 0.390 e. The Labute approximate surface area is 102 Å². The second-order valence-electron chi connectivity index (χ2n) is 4.47. The lowest BCUT2D eigenvalue weighted by atomic mass is 9.98. The van der Waals surface area contributed by atoms with E-state index in [2.05, 4.69) is 15.4 Å². The van der Waals surface area contributed by atoms with Crippen LogP contribution in [0, 0.1) is 0 Å². The molecule has 0 spiro atoms. The second-order valence-corrected chi connectivity index (χ2v) is 4.47. The van der Waals surface area contributed by atoms with Crippen LogP contribution in [0.1, 0.15) is 19.2 Å². The van der Waals surface area contributed by atoms with Gasteiger partial charge in [-0.3, -0.25) is 4.68 Å². The molecule has 2 N–H and O–H groups in total. The van der Waals surface area contributed by atoms with Crippen molar-refractivity contribution >= 4 is 0 Å². The molecule has 0 aliphatic carbocycles. The van der Waals surface area contributed by atoms with Gasteiger partial charge in [0, 0.05) is 27.1 Å². The highest BCUT2D eigenvalue weighted by molar-refractivity contribution is 4.92. The number of hydrogen-bond donors (Lipinski definition) is 2. The molecule has 1 aromatic rings. The number of aryl methyl sites for hydroxylation is 1. The van der Waals surface area contributed by atoms with Crippen molar-refractivity contribution in [3.05, 3.63) is 12.2 Å². The Balaban J connectivity index is 2.28. The Morgan fingerprint density at radius 2 is 2.29 bits per heavy atom. The van der Waals surface area contributed by atoms with Crippen LogP contribution in [0.25, 0.3) is 0 Å². The summed E-state index contributed by atoms with van der Waals surface area (Å²) in [6.45, 7) is 4.07. The third-order valence-electron chi connectivity index (χ3n) is 2.67. The Kier molecular flexibility index (Phi) is 5.54. The van der Waals surface area contributed by atoms with Gasteiger partial charge in [-0.2, -0.15) is 5.10 Å². The maximum absolute atomic E-state index is 10.2. The summed E-state index contributed by atoms with van der Waals surface area (Å²) in [6, 6.07) is 0. The second kappa shape index (κ2) is 6.68. The number of aliphatic hydroxyl groups is 1. The first-order valence-corrected chi connectivity index (χ1v) is 5.80. The van der Waals surface area contributed by atoms with Gasteiger partial charge in [0.15, 0.2) is 0 Å². The van der Waals surface area contributed by atoms with Crippen LogP contribution >= 0.6 is 0 Å². The van der Waals surface area contributed by atoms with E-state index in [0.29, 0.717) is 19.4 Å². The number of rotatable bonds is 8. The zero-order chi connectivity index (χ0) is 12.7. The molecule has 1 rings (SSSR count). The maximum atomic E-state index is 10.2. The number of aromatic nitrogens is 3. The van der Waals surface area contributed by atoms with Gasteiger partial charge < -0.3 is 15.2 Å². The molecule has 0 saturated carbocycles. The molecule has 0 fully saturated rings. The van der Waals surface area contributed by atoms with Gasteiger partial charge in [0.2, 0.25) is 0 Å². The molecule has 1 aromatic heterocycles. The Hall–Kier alpha value is -0.980. The summed E-state index contributed by atoms with van der Waals surface area (Å²) >= 11 is 0. The van der Waals surface area contributed by atoms with Gasteiger partial charge in [-0.05, 0) is 19.9 Å². The van der Waals surface area contributed by atoms with Crippen molar-refractivity contribution in [2.75, 3.05) is 26.8 Å². The number of hydrogen-bond acceptors (Lipinski definition) is 5. The molecule has 0 amide bonds. The molecule has 0 aliphatic heterocycles. The van der Waals surface area contributed by atoms with E-state index in [9.17, 15) is 5.11 Å². The summed E-state index contributed by atoms with van der Waals surface area (Å²) in [5.74, 6) is 0.798. The zero-order valence-electron chi connectivity index (χ0n) is 10.8. The first-order chi connectivity index (χ1) is 8.05. The lowest BCUT2D eigenvalue weighted by Gasteiger charge is -2.22. The van der Waals surface area contributed by atoms with Crippen LogP contribution in [-0.2, 0) is 18.2 Å². The van der Waals surface area contributed by atoms with Crippen molar-refractivity contribution in [1.82, 2.24) is 20.1 Å². The van der Waals surface area contributed by atoms with Crippen LogP contribution in [0.2, 0.25) is 0 Å². The number of methoxy groups -OCH3 is 1. The lowest BCUT2D eigenvalue weighted by molar-refractivity contribution is 0.0482. The highest BCUT2D eigenvalue weighted by atomic mass is 16.5. The highest BCUT2D eigenvalue weighted by Crippen LogP contribution is 2.14. The zero-order valence-corrected chi connectivity index (χ0v) is 10.8. The van der Waals surface area contributed by atoms with Crippen LogP contribution in [0.4, 0.5) is 0 Å². The molecule has 1 heterocycles. The topological polar surface area (TPSA) is 72.2 Å². The summed E-state index contributed by atoms with van der Waals surface area (Å²) in [5.41, 5.74) is -0.763. The molecular weight excluding hydrogens is 220 g/mol. The smallest absolute Gasteiger partial charge is 0.138 e. The SMILES string of the molecule is COCCNCCC(C)(O)Cc1ncnn1C. The van der Waals surface area contributed by atoms with Gasteiger partial charge in [0.1, 0.15) is 12.2 Å². The Bertz CT molecular complexity index is 325. The summed E-state index contributed by atoms with van der Waals surface area (Å²) in [6.07, 6.45) is 2.68. The van der Waals surface area contributed by atoms with Gasteiger partial charge in [-0.15, -0.1) is 0 Å². The summed E-state index contributed by atoms with van der Waals surface area (Å²) in [5, 5.41) is 17.4. The van der Waals surface area contributed by atoms with Crippen molar-refractivity contribution in [1.29, 1.82) is 0 Å². The van der Waals surface area contributed by atoms with E-state index in [1.807, 2.05) is 14.0 Å². The van der Waals surface area contributed by atoms with Crippen molar-refractivity contribution in [3.63, 3.8) is 0 Å². The predicted molar refractivity (Wildman–Crippen MR) is 64.7 cm³/mol. The van der Waals surface area contributed by atoms with Gasteiger partial charge in [0.25, 0.3) is 0 Å². The van der Waals surface area contributed by atoms with E-state index < -0.39 is 5.60 Å². The molecule has 0 bridgehead atoms. The Morgan fingerprint density at radius 1 is 1.53 bits per heavy atom. The van der Waals surface area contributed by atoms with Gasteiger partial charge in [0.05, 0.1) is 12.2 Å². The molecule has 17 heavy (non-hydrogen) atoms. The molecule has 0 aromatic carbocycles. The van der Waals surface area contributed by atoms with E-state index >= 15 is 0 Å². The first kappa shape index (κ1) is 14.1. The number of ether oxygens (including phenoxy) is 1. The van der Waals surface area contributed by atoms with E-state index in [0.717, 1.165) is 18.9 Å². The van der Waals surface area contributed by atoms with E-state index in [1.54, 1.807) is 11.8 Å². The van der Waals surface area contributed by atoms with E-state index in [1.165, 1.54) is 6.33 Å². The lowest BCUT2D eigenvalue weighted by Crippen LogP contribution is -2.34. The molecule has 0 saturated heterocycles. The standard InChI is InChI=1S/C11H22N4O2/c1-11(16,4-5-12-6-7-17-3)8-10-13-9-14-15(10)2/h9,12,16H,4-8H2,1-3H3. The third-order valence-corrected chi connectivity index (χ3v) is 2.67. The predicted octanol–water partition coefficient (Wildman–Crippen LogP) is -0.265. The maximum Gasteiger partial charge on any atom is 0.138 e. The molecule has 0 radical (unpaired) electrons. The van der Waals surface area contributed by atoms with Crippen molar-refractivity contribution < 1.29 is 9.84 Å². The van der Waals surface area contributed by atoms with Crippen molar-refractivity contribution in [2.24, 2.45) is 7.05 Å². The summed E-state index contributed by atoms with van der Waals surface area (Å²) in [7, 11) is 3.50. The van der Waals surface area contributed by atoms with E-state index in [4.69, 9.17) is 4.74 Å². The summed E-state index contributed by atoms with van der Waals surface area (Å²) < 4.78 is 6.62. The third kappa shape index (κ3) is 5.25. The summed E-state index contributed by atoms with van der Waals surface area (Å²) in [4.78, 5) is 4.11. The Morgan fingerprint density at radius 3 is 2.88 bits per heavy atom. The molecule has 1 atom stereocenters. The molecule has 1 unspecified atom stereocenters. The quantitative estimate of drug-likeness (QED) is 0.614. The average Bonchev–Trinajstić information content (AvgIpc) is 2.63. The fourth-order valence-electron chi connectivity index (χ4n) is 1.57. The minimum absolute atomic E-state index is 0.509. The van der Waals surface area contributed by atoms with Gasteiger partial charge in [-0.25, -0.2) is 4.98 Å². The van der Waals surface area contributed by atoms with Crippen molar-refractivity contribution in [2.45, 2.75) is 25.4 Å². The molecule has 6 heteroatoms. The van der Waals surface area contributed by atoms with Crippen LogP contribution in [0.5, 0.6) is 0 Å². The minimum atomic E-state index is -0.763. The highest BCUT2D eigenvalue weighted by Gasteiger charge is 2.22. The van der Waals surface area contributed by atoms with Crippen LogP contribution < -0.4 is 5.32 Å². The molecule has 6 nitrogen and oxygen atoms in total. The molecular formula is C11H22N4O2.